The van der Waals surface area contributed by atoms with Crippen LogP contribution in [0.25, 0.3) is 0 Å². The number of nitro groups is 1. The summed E-state index contributed by atoms with van der Waals surface area (Å²) in [6.45, 7) is 0. The van der Waals surface area contributed by atoms with Crippen LogP contribution in [0.3, 0.4) is 0 Å². The Hall–Kier alpha value is -2.33. The van der Waals surface area contributed by atoms with E-state index in [2.05, 4.69) is 9.72 Å². The van der Waals surface area contributed by atoms with E-state index in [4.69, 9.17) is 0 Å². The number of hydrogen-bond acceptors (Lipinski definition) is 5. The Morgan fingerprint density at radius 2 is 2.00 bits per heavy atom. The van der Waals surface area contributed by atoms with Gasteiger partial charge in [-0.05, 0) is 9.91 Å². The Labute approximate surface area is 101 Å². The zero-order chi connectivity index (χ0) is 14.8. The number of carbonyl (C=O) groups excluding carboxylic acids is 1. The lowest BCUT2D eigenvalue weighted by atomic mass is 10.1. The molecule has 0 aromatic carbocycles. The molecule has 11 heteroatoms. The van der Waals surface area contributed by atoms with Crippen molar-refractivity contribution in [1.82, 2.24) is 4.98 Å². The van der Waals surface area contributed by atoms with E-state index in [1.807, 2.05) is 0 Å². The molecule has 6 nitrogen and oxygen atoms in total. The Morgan fingerprint density at radius 1 is 1.42 bits per heavy atom. The van der Waals surface area contributed by atoms with E-state index in [9.17, 15) is 36.9 Å². The molecular formula is C8H3F5N2O4. The van der Waals surface area contributed by atoms with Crippen molar-refractivity contribution in [3.05, 3.63) is 27.4 Å². The van der Waals surface area contributed by atoms with Crippen molar-refractivity contribution < 1.29 is 36.4 Å². The van der Waals surface area contributed by atoms with Gasteiger partial charge in [-0.2, -0.15) is 0 Å². The Balaban J connectivity index is 3.57. The second-order valence-electron chi connectivity index (χ2n) is 3.00. The minimum Gasteiger partial charge on any atom is -0.404 e. The lowest BCUT2D eigenvalue weighted by molar-refractivity contribution is -0.391. The van der Waals surface area contributed by atoms with Gasteiger partial charge >= 0.3 is 12.2 Å². The molecule has 0 N–H and O–H groups in total. The normalized spacial score (nSPS) is 11.5. The van der Waals surface area contributed by atoms with E-state index in [-0.39, 0.29) is 6.29 Å². The maximum Gasteiger partial charge on any atom is 0.573 e. The number of halogens is 5. The lowest BCUT2D eigenvalue weighted by Crippen LogP contribution is -2.20. The fraction of sp³-hybridized carbons (Fsp3) is 0.250. The van der Waals surface area contributed by atoms with Crippen LogP contribution in [0.4, 0.5) is 27.8 Å². The van der Waals surface area contributed by atoms with E-state index in [1.54, 1.807) is 0 Å². The molecule has 0 saturated heterocycles. The average Bonchev–Trinajstić information content (AvgIpc) is 2.25. The van der Waals surface area contributed by atoms with Crippen LogP contribution in [0.1, 0.15) is 22.3 Å². The highest BCUT2D eigenvalue weighted by Crippen LogP contribution is 2.39. The van der Waals surface area contributed by atoms with Crippen LogP contribution in [0.15, 0.2) is 6.20 Å². The summed E-state index contributed by atoms with van der Waals surface area (Å²) in [5.74, 6) is -3.14. The largest absolute Gasteiger partial charge is 0.573 e. The first-order valence-electron chi connectivity index (χ1n) is 4.33. The van der Waals surface area contributed by atoms with Gasteiger partial charge in [0, 0.05) is 0 Å². The Kier molecular flexibility index (Phi) is 3.97. The van der Waals surface area contributed by atoms with E-state index < -0.39 is 40.4 Å². The second-order valence-corrected chi connectivity index (χ2v) is 3.00. The summed E-state index contributed by atoms with van der Waals surface area (Å²) >= 11 is 0. The summed E-state index contributed by atoms with van der Waals surface area (Å²) in [5.41, 5.74) is -2.68. The molecule has 1 aromatic rings. The SMILES string of the molecule is O=Cc1cnc([N+](=O)[O-])c(C(F)F)c1OC(F)(F)F. The molecule has 1 aromatic heterocycles. The predicted octanol–water partition coefficient (Wildman–Crippen LogP) is 2.64. The fourth-order valence-corrected chi connectivity index (χ4v) is 1.17. The standard InChI is InChI=1S/C8H3F5N2O4/c9-6(10)4-5(19-8(11,12)13)3(2-16)1-14-7(4)15(17)18/h1-2,6H. The summed E-state index contributed by atoms with van der Waals surface area (Å²) in [5, 5.41) is 10.4. The molecule has 0 fully saturated rings. The zero-order valence-electron chi connectivity index (χ0n) is 8.65. The van der Waals surface area contributed by atoms with Gasteiger partial charge in [-0.25, -0.2) is 8.78 Å². The summed E-state index contributed by atoms with van der Waals surface area (Å²) in [6.07, 6.45) is -8.96. The lowest BCUT2D eigenvalue weighted by Gasteiger charge is -2.13. The molecule has 0 aliphatic carbocycles. The third-order valence-corrected chi connectivity index (χ3v) is 1.81. The van der Waals surface area contributed by atoms with Gasteiger partial charge in [0.2, 0.25) is 0 Å². The van der Waals surface area contributed by atoms with Gasteiger partial charge < -0.3 is 14.9 Å². The number of alkyl halides is 5. The number of aromatic nitrogens is 1. The highest BCUT2D eigenvalue weighted by molar-refractivity contribution is 5.80. The summed E-state index contributed by atoms with van der Waals surface area (Å²) < 4.78 is 64.7. The molecule has 1 heterocycles. The Morgan fingerprint density at radius 3 is 2.37 bits per heavy atom. The number of carbonyl (C=O) groups is 1. The van der Waals surface area contributed by atoms with Crippen LogP contribution >= 0.6 is 0 Å². The maximum absolute atomic E-state index is 12.6. The topological polar surface area (TPSA) is 82.3 Å². The van der Waals surface area contributed by atoms with Crippen molar-refractivity contribution in [3.8, 4) is 5.75 Å². The van der Waals surface area contributed by atoms with E-state index >= 15 is 0 Å². The van der Waals surface area contributed by atoms with Crippen molar-refractivity contribution >= 4 is 12.1 Å². The van der Waals surface area contributed by atoms with Crippen molar-refractivity contribution in [2.24, 2.45) is 0 Å². The van der Waals surface area contributed by atoms with Gasteiger partial charge in [0.25, 0.3) is 6.43 Å². The van der Waals surface area contributed by atoms with Gasteiger partial charge in [-0.15, -0.1) is 13.2 Å². The van der Waals surface area contributed by atoms with Crippen LogP contribution in [0, 0.1) is 10.1 Å². The molecule has 0 bridgehead atoms. The number of rotatable bonds is 4. The highest BCUT2D eigenvalue weighted by atomic mass is 19.4. The first kappa shape index (κ1) is 14.7. The van der Waals surface area contributed by atoms with Crippen LogP contribution in [0.5, 0.6) is 5.75 Å². The third-order valence-electron chi connectivity index (χ3n) is 1.81. The molecule has 104 valence electrons. The van der Waals surface area contributed by atoms with E-state index in [0.29, 0.717) is 6.20 Å². The average molecular weight is 286 g/mol. The van der Waals surface area contributed by atoms with Gasteiger partial charge in [0.15, 0.2) is 23.8 Å². The fourth-order valence-electron chi connectivity index (χ4n) is 1.17. The van der Waals surface area contributed by atoms with Crippen molar-refractivity contribution in [2.75, 3.05) is 0 Å². The molecule has 19 heavy (non-hydrogen) atoms. The van der Waals surface area contributed by atoms with Gasteiger partial charge in [-0.1, -0.05) is 0 Å². The first-order chi connectivity index (χ1) is 8.67. The number of nitrogens with zero attached hydrogens (tertiary/aromatic N) is 2. The van der Waals surface area contributed by atoms with E-state index in [0.717, 1.165) is 0 Å². The molecule has 0 atom stereocenters. The predicted molar refractivity (Wildman–Crippen MR) is 47.9 cm³/mol. The van der Waals surface area contributed by atoms with Crippen LogP contribution in [-0.2, 0) is 0 Å². The maximum atomic E-state index is 12.6. The zero-order valence-corrected chi connectivity index (χ0v) is 8.65. The molecule has 0 aliphatic heterocycles. The molecule has 0 amide bonds. The molecular weight excluding hydrogens is 283 g/mol. The van der Waals surface area contributed by atoms with Crippen molar-refractivity contribution in [1.29, 1.82) is 0 Å². The number of aldehydes is 1. The quantitative estimate of drug-likeness (QED) is 0.368. The number of pyridine rings is 1. The second kappa shape index (κ2) is 5.12. The first-order valence-corrected chi connectivity index (χ1v) is 4.33. The smallest absolute Gasteiger partial charge is 0.404 e. The summed E-state index contributed by atoms with van der Waals surface area (Å²) in [6, 6.07) is 0. The van der Waals surface area contributed by atoms with Gasteiger partial charge in [0.05, 0.1) is 0 Å². The monoisotopic (exact) mass is 286 g/mol. The molecule has 0 aliphatic rings. The molecule has 0 spiro atoms. The van der Waals surface area contributed by atoms with Crippen LogP contribution in [0.2, 0.25) is 0 Å². The number of ether oxygens (including phenoxy) is 1. The number of hydrogen-bond donors (Lipinski definition) is 0. The van der Waals surface area contributed by atoms with Crippen molar-refractivity contribution in [2.45, 2.75) is 12.8 Å². The molecule has 0 radical (unpaired) electrons. The molecule has 0 unspecified atom stereocenters. The van der Waals surface area contributed by atoms with Crippen molar-refractivity contribution in [3.63, 3.8) is 0 Å². The van der Waals surface area contributed by atoms with Gasteiger partial charge in [-0.3, -0.25) is 4.79 Å². The van der Waals surface area contributed by atoms with Crippen LogP contribution < -0.4 is 4.74 Å². The van der Waals surface area contributed by atoms with E-state index in [1.165, 1.54) is 0 Å². The minimum absolute atomic E-state index is 0.232. The summed E-state index contributed by atoms with van der Waals surface area (Å²) in [4.78, 5) is 22.4. The molecule has 0 saturated carbocycles. The van der Waals surface area contributed by atoms with Gasteiger partial charge in [0.1, 0.15) is 5.56 Å². The highest BCUT2D eigenvalue weighted by Gasteiger charge is 2.38. The summed E-state index contributed by atoms with van der Waals surface area (Å²) in [7, 11) is 0. The van der Waals surface area contributed by atoms with Crippen LogP contribution in [-0.4, -0.2) is 22.6 Å². The Bertz CT molecular complexity index is 517. The third kappa shape index (κ3) is 3.33. The molecule has 1 rings (SSSR count). The minimum atomic E-state index is -5.39.